The van der Waals surface area contributed by atoms with E-state index in [4.69, 9.17) is 4.74 Å². The van der Waals surface area contributed by atoms with Crippen LogP contribution in [0.15, 0.2) is 52.2 Å². The number of ketones is 1. The number of carbonyl (C=O) groups excluding carboxylic acids is 1. The van der Waals surface area contributed by atoms with Gasteiger partial charge < -0.3 is 9.64 Å². The third-order valence-electron chi connectivity index (χ3n) is 11.4. The Kier molecular flexibility index (Phi) is 7.28. The van der Waals surface area contributed by atoms with E-state index in [1.807, 2.05) is 6.92 Å². The van der Waals surface area contributed by atoms with Gasteiger partial charge in [0, 0.05) is 31.8 Å². The number of hydrogen-bond acceptors (Lipinski definition) is 5. The van der Waals surface area contributed by atoms with Crippen molar-refractivity contribution in [3.8, 4) is 11.8 Å². The van der Waals surface area contributed by atoms with Gasteiger partial charge in [-0.2, -0.15) is 4.91 Å². The Morgan fingerprint density at radius 1 is 1.18 bits per heavy atom. The van der Waals surface area contributed by atoms with Crippen molar-refractivity contribution in [1.82, 2.24) is 0 Å². The summed E-state index contributed by atoms with van der Waals surface area (Å²) in [5.74, 6) is 8.29. The fourth-order valence-corrected chi connectivity index (χ4v) is 9.58. The molecular weight excluding hydrogens is 496 g/mol. The molecule has 1 aliphatic heterocycles. The summed E-state index contributed by atoms with van der Waals surface area (Å²) in [5, 5.41) is 3.42. The SMILES string of the molecule is CC#C[C@]1(C(=O)COC)CC[C@H]2[C@@H]3CC(C)C4=CC(N=O)CCC4=C3C(c3ccc(N4CCCC4)cc3)C[C@@]21C. The first-order chi connectivity index (χ1) is 19.4. The number of methoxy groups -OCH3 is 1. The lowest BCUT2D eigenvalue weighted by atomic mass is 9.47. The van der Waals surface area contributed by atoms with Crippen molar-refractivity contribution in [3.63, 3.8) is 0 Å². The number of benzene rings is 1. The highest BCUT2D eigenvalue weighted by molar-refractivity contribution is 5.90. The lowest BCUT2D eigenvalue weighted by Gasteiger charge is -2.55. The van der Waals surface area contributed by atoms with Crippen LogP contribution >= 0.6 is 0 Å². The summed E-state index contributed by atoms with van der Waals surface area (Å²) in [6.45, 7) is 8.97. The zero-order chi connectivity index (χ0) is 28.1. The molecule has 0 bridgehead atoms. The maximum atomic E-state index is 13.9. The van der Waals surface area contributed by atoms with Gasteiger partial charge in [-0.1, -0.05) is 48.7 Å². The average Bonchev–Trinajstić information content (AvgIpc) is 3.60. The molecule has 1 aromatic rings. The molecule has 0 spiro atoms. The van der Waals surface area contributed by atoms with Crippen LogP contribution in [0.3, 0.4) is 0 Å². The number of allylic oxidation sites excluding steroid dienone is 3. The van der Waals surface area contributed by atoms with Crippen molar-refractivity contribution >= 4 is 11.5 Å². The quantitative estimate of drug-likeness (QED) is 0.282. The second-order valence-corrected chi connectivity index (χ2v) is 13.3. The van der Waals surface area contributed by atoms with Crippen LogP contribution in [0.1, 0.15) is 83.6 Å². The Bertz CT molecular complexity index is 1290. The van der Waals surface area contributed by atoms with E-state index in [0.29, 0.717) is 17.8 Å². The van der Waals surface area contributed by atoms with Crippen molar-refractivity contribution in [2.75, 3.05) is 31.7 Å². The van der Waals surface area contributed by atoms with Gasteiger partial charge in [-0.3, -0.25) is 4.79 Å². The van der Waals surface area contributed by atoms with Crippen molar-refractivity contribution in [1.29, 1.82) is 0 Å². The first-order valence-corrected chi connectivity index (χ1v) is 15.5. The Morgan fingerprint density at radius 3 is 2.60 bits per heavy atom. The summed E-state index contributed by atoms with van der Waals surface area (Å²) in [7, 11) is 1.62. The minimum atomic E-state index is -0.676. The molecule has 40 heavy (non-hydrogen) atoms. The topological polar surface area (TPSA) is 59.0 Å². The molecule has 5 nitrogen and oxygen atoms in total. The molecule has 0 radical (unpaired) electrons. The number of Topliss-reactive ketones (excluding diaryl/α,β-unsaturated/α-hetero) is 1. The zero-order valence-corrected chi connectivity index (χ0v) is 24.7. The fourth-order valence-electron chi connectivity index (χ4n) is 9.58. The molecule has 0 aromatic heterocycles. The molecule has 5 aliphatic rings. The number of ether oxygens (including phenoxy) is 1. The molecule has 0 N–H and O–H groups in total. The summed E-state index contributed by atoms with van der Waals surface area (Å²) < 4.78 is 5.43. The maximum Gasteiger partial charge on any atom is 0.176 e. The van der Waals surface area contributed by atoms with E-state index in [1.54, 1.807) is 12.7 Å². The molecule has 5 heteroatoms. The molecule has 2 saturated carbocycles. The van der Waals surface area contributed by atoms with Crippen LogP contribution in [-0.4, -0.2) is 38.6 Å². The van der Waals surface area contributed by atoms with Gasteiger partial charge in [-0.15, -0.1) is 5.92 Å². The molecule has 1 aromatic carbocycles. The van der Waals surface area contributed by atoms with E-state index in [0.717, 1.165) is 51.6 Å². The van der Waals surface area contributed by atoms with Crippen molar-refractivity contribution in [2.45, 2.75) is 84.1 Å². The van der Waals surface area contributed by atoms with Crippen LogP contribution in [0, 0.1) is 45.3 Å². The van der Waals surface area contributed by atoms with Crippen LogP contribution in [0.5, 0.6) is 0 Å². The monoisotopic (exact) mass is 540 g/mol. The normalized spacial score (nSPS) is 36.6. The van der Waals surface area contributed by atoms with Gasteiger partial charge in [0.2, 0.25) is 0 Å². The van der Waals surface area contributed by atoms with E-state index in [2.05, 4.69) is 66.1 Å². The highest BCUT2D eigenvalue weighted by Crippen LogP contribution is 2.70. The molecule has 1 heterocycles. The molecule has 1 saturated heterocycles. The number of nitroso groups, excluding NO2 is 1. The van der Waals surface area contributed by atoms with Crippen molar-refractivity contribution in [3.05, 3.63) is 57.5 Å². The lowest BCUT2D eigenvalue weighted by molar-refractivity contribution is -0.136. The van der Waals surface area contributed by atoms with Crippen LogP contribution in [0.2, 0.25) is 0 Å². The maximum absolute atomic E-state index is 13.9. The molecule has 0 amide bonds. The van der Waals surface area contributed by atoms with Crippen molar-refractivity contribution < 1.29 is 9.53 Å². The number of carbonyl (C=O) groups is 1. The summed E-state index contributed by atoms with van der Waals surface area (Å²) >= 11 is 0. The zero-order valence-electron chi connectivity index (χ0n) is 24.7. The number of anilines is 1. The third-order valence-corrected chi connectivity index (χ3v) is 11.4. The van der Waals surface area contributed by atoms with E-state index < -0.39 is 5.41 Å². The van der Waals surface area contributed by atoms with E-state index >= 15 is 0 Å². The number of hydrogen-bond donors (Lipinski definition) is 0. The summed E-state index contributed by atoms with van der Waals surface area (Å²) in [4.78, 5) is 27.9. The second kappa shape index (κ2) is 10.6. The van der Waals surface area contributed by atoms with Gasteiger partial charge in [0.1, 0.15) is 12.6 Å². The van der Waals surface area contributed by atoms with Gasteiger partial charge in [0.25, 0.3) is 0 Å². The smallest absolute Gasteiger partial charge is 0.176 e. The highest BCUT2D eigenvalue weighted by atomic mass is 16.5. The average molecular weight is 541 g/mol. The van der Waals surface area contributed by atoms with Crippen molar-refractivity contribution in [2.24, 2.45) is 33.8 Å². The summed E-state index contributed by atoms with van der Waals surface area (Å²) in [6.07, 6.45) is 10.2. The Balaban J connectivity index is 1.50. The van der Waals surface area contributed by atoms with Gasteiger partial charge >= 0.3 is 0 Å². The van der Waals surface area contributed by atoms with Gasteiger partial charge in [0.15, 0.2) is 5.78 Å². The van der Waals surface area contributed by atoms with Gasteiger partial charge in [-0.25, -0.2) is 0 Å². The van der Waals surface area contributed by atoms with E-state index in [9.17, 15) is 9.70 Å². The highest BCUT2D eigenvalue weighted by Gasteiger charge is 2.65. The number of fused-ring (bicyclic) bond motifs is 4. The summed E-state index contributed by atoms with van der Waals surface area (Å²) in [5.41, 5.74) is 6.19. The van der Waals surface area contributed by atoms with Crippen LogP contribution < -0.4 is 4.90 Å². The third kappa shape index (κ3) is 4.13. The first-order valence-electron chi connectivity index (χ1n) is 15.5. The molecule has 3 fully saturated rings. The van der Waals surface area contributed by atoms with Gasteiger partial charge in [-0.05, 0) is 110 Å². The summed E-state index contributed by atoms with van der Waals surface area (Å²) in [6, 6.07) is 9.12. The van der Waals surface area contributed by atoms with Crippen LogP contribution in [0.25, 0.3) is 0 Å². The number of nitrogens with zero attached hydrogens (tertiary/aromatic N) is 2. The molecule has 4 aliphatic carbocycles. The van der Waals surface area contributed by atoms with Crippen LogP contribution in [0.4, 0.5) is 5.69 Å². The predicted molar refractivity (Wildman–Crippen MR) is 160 cm³/mol. The largest absolute Gasteiger partial charge is 0.377 e. The Labute approximate surface area is 239 Å². The van der Waals surface area contributed by atoms with Crippen LogP contribution in [-0.2, 0) is 9.53 Å². The Hall–Kier alpha value is -2.71. The molecule has 7 atom stereocenters. The minimum Gasteiger partial charge on any atom is -0.377 e. The standard InChI is InChI=1S/C35H44N2O3/c1-5-15-35(32(38)22-40-4)16-14-31-29-19-23(2)28-20-25(36-39)10-13-27(28)33(29)30(21-34(31,35)3)24-8-11-26(12-9-24)37-17-6-7-18-37/h8-9,11-12,20,23,25,29-31H,6-7,10,13-14,16-19,21-22H2,1-4H3/t23?,25?,29-,30?,31-,34-,35+/m0/s1. The fraction of sp³-hybridized carbons (Fsp3) is 0.629. The molecule has 212 valence electrons. The molecule has 3 unspecified atom stereocenters. The number of rotatable bonds is 6. The minimum absolute atomic E-state index is 0.119. The molecule has 6 rings (SSSR count). The molecular formula is C35H44N2O3. The first kappa shape index (κ1) is 27.5. The Morgan fingerprint density at radius 2 is 1.93 bits per heavy atom. The van der Waals surface area contributed by atoms with E-state index in [-0.39, 0.29) is 29.8 Å². The van der Waals surface area contributed by atoms with Gasteiger partial charge in [0.05, 0.1) is 5.41 Å². The van der Waals surface area contributed by atoms with E-state index in [1.165, 1.54) is 35.2 Å². The predicted octanol–water partition coefficient (Wildman–Crippen LogP) is 7.22. The second-order valence-electron chi connectivity index (χ2n) is 13.3. The lowest BCUT2D eigenvalue weighted by Crippen LogP contribution is -2.52.